The minimum Gasteiger partial charge on any atom is -0.497 e. The second-order valence-electron chi connectivity index (χ2n) is 6.20. The van der Waals surface area contributed by atoms with E-state index in [9.17, 15) is 9.59 Å². The molecule has 0 atom stereocenters. The van der Waals surface area contributed by atoms with Crippen LogP contribution in [0.25, 0.3) is 0 Å². The van der Waals surface area contributed by atoms with Crippen molar-refractivity contribution in [2.75, 3.05) is 13.7 Å². The molecule has 0 aliphatic heterocycles. The maximum atomic E-state index is 12.5. The summed E-state index contributed by atoms with van der Waals surface area (Å²) in [6.45, 7) is 3.10. The van der Waals surface area contributed by atoms with E-state index >= 15 is 0 Å². The van der Waals surface area contributed by atoms with Gasteiger partial charge in [0.25, 0.3) is 0 Å². The summed E-state index contributed by atoms with van der Waals surface area (Å²) in [4.78, 5) is 25.2. The average molecular weight is 334 g/mol. The predicted molar refractivity (Wildman–Crippen MR) is 91.0 cm³/mol. The van der Waals surface area contributed by atoms with E-state index in [1.54, 1.807) is 12.0 Å². The zero-order valence-electron chi connectivity index (χ0n) is 14.3. The summed E-state index contributed by atoms with van der Waals surface area (Å²) in [5, 5.41) is 12.1. The Morgan fingerprint density at radius 1 is 1.21 bits per heavy atom. The third kappa shape index (κ3) is 4.88. The highest BCUT2D eigenvalue weighted by Crippen LogP contribution is 2.24. The molecule has 24 heavy (non-hydrogen) atoms. The van der Waals surface area contributed by atoms with Gasteiger partial charge >= 0.3 is 12.0 Å². The quantitative estimate of drug-likeness (QED) is 0.838. The van der Waals surface area contributed by atoms with E-state index in [1.165, 1.54) is 0 Å². The SMILES string of the molecule is CCN(Cc1ccc(OC)cc1)C(=O)NC1CCC(C(=O)O)CC1. The number of ether oxygens (including phenoxy) is 1. The molecular formula is C18H26N2O4. The molecule has 0 heterocycles. The second kappa shape index (κ2) is 8.57. The number of carboxylic acid groups (broad SMARTS) is 1. The lowest BCUT2D eigenvalue weighted by Crippen LogP contribution is -2.46. The summed E-state index contributed by atoms with van der Waals surface area (Å²) in [7, 11) is 1.62. The van der Waals surface area contributed by atoms with Gasteiger partial charge in [-0.05, 0) is 50.3 Å². The number of nitrogens with one attached hydrogen (secondary N) is 1. The van der Waals surface area contributed by atoms with Crippen molar-refractivity contribution in [2.24, 2.45) is 5.92 Å². The number of amides is 2. The van der Waals surface area contributed by atoms with Crippen LogP contribution < -0.4 is 10.1 Å². The van der Waals surface area contributed by atoms with Crippen LogP contribution in [0, 0.1) is 5.92 Å². The van der Waals surface area contributed by atoms with Crippen molar-refractivity contribution in [3.8, 4) is 5.75 Å². The summed E-state index contributed by atoms with van der Waals surface area (Å²) >= 11 is 0. The van der Waals surface area contributed by atoms with Crippen LogP contribution in [0.3, 0.4) is 0 Å². The molecule has 1 aliphatic rings. The smallest absolute Gasteiger partial charge is 0.317 e. The normalized spacial score (nSPS) is 20.2. The molecular weight excluding hydrogens is 308 g/mol. The van der Waals surface area contributed by atoms with Crippen molar-refractivity contribution in [1.29, 1.82) is 0 Å². The first-order valence-electron chi connectivity index (χ1n) is 8.44. The summed E-state index contributed by atoms with van der Waals surface area (Å²) in [6.07, 6.45) is 2.71. The van der Waals surface area contributed by atoms with E-state index < -0.39 is 5.97 Å². The van der Waals surface area contributed by atoms with E-state index in [-0.39, 0.29) is 18.0 Å². The van der Waals surface area contributed by atoms with Crippen LogP contribution in [-0.4, -0.2) is 41.7 Å². The van der Waals surface area contributed by atoms with Crippen molar-refractivity contribution in [3.63, 3.8) is 0 Å². The number of urea groups is 1. The topological polar surface area (TPSA) is 78.9 Å². The number of aliphatic carboxylic acids is 1. The number of hydrogen-bond donors (Lipinski definition) is 2. The molecule has 2 rings (SSSR count). The molecule has 6 heteroatoms. The lowest BCUT2D eigenvalue weighted by molar-refractivity contribution is -0.142. The molecule has 0 bridgehead atoms. The fourth-order valence-electron chi connectivity index (χ4n) is 3.03. The van der Waals surface area contributed by atoms with Gasteiger partial charge in [-0.2, -0.15) is 0 Å². The van der Waals surface area contributed by atoms with Gasteiger partial charge in [0, 0.05) is 19.1 Å². The molecule has 0 aromatic heterocycles. The fraction of sp³-hybridized carbons (Fsp3) is 0.556. The molecule has 0 saturated heterocycles. The Balaban J connectivity index is 1.86. The number of rotatable bonds is 6. The van der Waals surface area contributed by atoms with Crippen molar-refractivity contribution in [3.05, 3.63) is 29.8 Å². The molecule has 1 aromatic rings. The molecule has 2 N–H and O–H groups in total. The highest BCUT2D eigenvalue weighted by molar-refractivity contribution is 5.74. The van der Waals surface area contributed by atoms with Crippen LogP contribution in [0.1, 0.15) is 38.2 Å². The number of hydrogen-bond acceptors (Lipinski definition) is 3. The molecule has 1 aliphatic carbocycles. The van der Waals surface area contributed by atoms with Gasteiger partial charge in [0.05, 0.1) is 13.0 Å². The van der Waals surface area contributed by atoms with Gasteiger partial charge in [-0.3, -0.25) is 4.79 Å². The molecule has 1 saturated carbocycles. The van der Waals surface area contributed by atoms with Crippen LogP contribution in [0.15, 0.2) is 24.3 Å². The first kappa shape index (κ1) is 18.1. The first-order chi connectivity index (χ1) is 11.5. The highest BCUT2D eigenvalue weighted by atomic mass is 16.5. The molecule has 0 radical (unpaired) electrons. The molecule has 2 amide bonds. The average Bonchev–Trinajstić information content (AvgIpc) is 2.60. The van der Waals surface area contributed by atoms with Gasteiger partial charge < -0.3 is 20.1 Å². The lowest BCUT2D eigenvalue weighted by Gasteiger charge is -2.30. The lowest BCUT2D eigenvalue weighted by atomic mass is 9.86. The molecule has 132 valence electrons. The van der Waals surface area contributed by atoms with Gasteiger partial charge in [-0.25, -0.2) is 4.79 Å². The highest BCUT2D eigenvalue weighted by Gasteiger charge is 2.27. The predicted octanol–water partition coefficient (Wildman–Crippen LogP) is 2.87. The molecule has 0 spiro atoms. The summed E-state index contributed by atoms with van der Waals surface area (Å²) < 4.78 is 5.14. The van der Waals surface area contributed by atoms with Crippen molar-refractivity contribution in [1.82, 2.24) is 10.2 Å². The van der Waals surface area contributed by atoms with Crippen LogP contribution in [0.2, 0.25) is 0 Å². The Morgan fingerprint density at radius 2 is 1.83 bits per heavy atom. The number of benzene rings is 1. The Morgan fingerprint density at radius 3 is 2.33 bits per heavy atom. The van der Waals surface area contributed by atoms with E-state index in [2.05, 4.69) is 5.32 Å². The van der Waals surface area contributed by atoms with Gasteiger partial charge in [0.2, 0.25) is 0 Å². The number of nitrogens with zero attached hydrogens (tertiary/aromatic N) is 1. The fourth-order valence-corrected chi connectivity index (χ4v) is 3.03. The number of carboxylic acids is 1. The second-order valence-corrected chi connectivity index (χ2v) is 6.20. The van der Waals surface area contributed by atoms with E-state index in [1.807, 2.05) is 31.2 Å². The van der Waals surface area contributed by atoms with Crippen molar-refractivity contribution in [2.45, 2.75) is 45.2 Å². The van der Waals surface area contributed by atoms with E-state index in [4.69, 9.17) is 9.84 Å². The van der Waals surface area contributed by atoms with Crippen LogP contribution in [0.5, 0.6) is 5.75 Å². The number of methoxy groups -OCH3 is 1. The largest absolute Gasteiger partial charge is 0.497 e. The van der Waals surface area contributed by atoms with Crippen molar-refractivity contribution < 1.29 is 19.4 Å². The van der Waals surface area contributed by atoms with Gasteiger partial charge in [-0.15, -0.1) is 0 Å². The monoisotopic (exact) mass is 334 g/mol. The maximum absolute atomic E-state index is 12.5. The molecule has 1 fully saturated rings. The minimum absolute atomic E-state index is 0.0676. The van der Waals surface area contributed by atoms with Gasteiger partial charge in [-0.1, -0.05) is 12.1 Å². The van der Waals surface area contributed by atoms with Gasteiger partial charge in [0.15, 0.2) is 0 Å². The standard InChI is InChI=1S/C18H26N2O4/c1-3-20(12-13-4-10-16(24-2)11-5-13)18(23)19-15-8-6-14(7-9-15)17(21)22/h4-5,10-11,14-15H,3,6-9,12H2,1-2H3,(H,19,23)(H,21,22). The zero-order chi connectivity index (χ0) is 17.5. The third-order valence-electron chi connectivity index (χ3n) is 4.61. The number of carbonyl (C=O) groups excluding carboxylic acids is 1. The first-order valence-corrected chi connectivity index (χ1v) is 8.44. The Bertz CT molecular complexity index is 551. The summed E-state index contributed by atoms with van der Waals surface area (Å²) in [5.41, 5.74) is 1.04. The maximum Gasteiger partial charge on any atom is 0.317 e. The number of carbonyl (C=O) groups is 2. The Kier molecular flexibility index (Phi) is 6.46. The van der Waals surface area contributed by atoms with Crippen molar-refractivity contribution >= 4 is 12.0 Å². The van der Waals surface area contributed by atoms with E-state index in [0.29, 0.717) is 25.9 Å². The van der Waals surface area contributed by atoms with Crippen LogP contribution in [0.4, 0.5) is 4.79 Å². The van der Waals surface area contributed by atoms with Crippen LogP contribution >= 0.6 is 0 Å². The summed E-state index contributed by atoms with van der Waals surface area (Å²) in [5.74, 6) is -0.198. The minimum atomic E-state index is -0.727. The van der Waals surface area contributed by atoms with Crippen LogP contribution in [-0.2, 0) is 11.3 Å². The Labute approximate surface area is 142 Å². The Hall–Kier alpha value is -2.24. The summed E-state index contributed by atoms with van der Waals surface area (Å²) in [6, 6.07) is 7.65. The van der Waals surface area contributed by atoms with E-state index in [0.717, 1.165) is 24.2 Å². The zero-order valence-corrected chi connectivity index (χ0v) is 14.3. The third-order valence-corrected chi connectivity index (χ3v) is 4.61. The molecule has 6 nitrogen and oxygen atoms in total. The molecule has 1 aromatic carbocycles. The molecule has 0 unspecified atom stereocenters. The van der Waals surface area contributed by atoms with Gasteiger partial charge in [0.1, 0.15) is 5.75 Å².